The van der Waals surface area contributed by atoms with Crippen LogP contribution in [0.4, 0.5) is 5.69 Å². The van der Waals surface area contributed by atoms with Crippen molar-refractivity contribution in [2.45, 2.75) is 19.9 Å². The second-order valence-electron chi connectivity index (χ2n) is 6.82. The van der Waals surface area contributed by atoms with Gasteiger partial charge in [0.25, 0.3) is 11.8 Å². The van der Waals surface area contributed by atoms with E-state index in [4.69, 9.17) is 9.15 Å². The van der Waals surface area contributed by atoms with E-state index < -0.39 is 0 Å². The molecule has 0 bridgehead atoms. The molecule has 0 aliphatic heterocycles. The molecule has 3 rings (SSSR count). The van der Waals surface area contributed by atoms with Crippen molar-refractivity contribution >= 4 is 23.3 Å². The largest absolute Gasteiger partial charge is 0.484 e. The van der Waals surface area contributed by atoms with Crippen LogP contribution in [0.2, 0.25) is 0 Å². The van der Waals surface area contributed by atoms with E-state index in [1.807, 2.05) is 0 Å². The maximum atomic E-state index is 12.7. The van der Waals surface area contributed by atoms with Crippen molar-refractivity contribution in [2.75, 3.05) is 18.6 Å². The van der Waals surface area contributed by atoms with Crippen molar-refractivity contribution < 1.29 is 23.5 Å². The Labute approximate surface area is 180 Å². The number of anilines is 1. The maximum absolute atomic E-state index is 12.7. The van der Waals surface area contributed by atoms with Gasteiger partial charge in [0.15, 0.2) is 12.4 Å². The molecule has 7 nitrogen and oxygen atoms in total. The van der Waals surface area contributed by atoms with Crippen molar-refractivity contribution in [3.63, 3.8) is 0 Å². The third kappa shape index (κ3) is 5.60. The smallest absolute Gasteiger partial charge is 0.264 e. The molecule has 1 heterocycles. The number of hydrogen-bond acceptors (Lipinski definition) is 5. The highest BCUT2D eigenvalue weighted by Gasteiger charge is 2.19. The first-order valence-corrected chi connectivity index (χ1v) is 9.91. The molecule has 0 saturated carbocycles. The van der Waals surface area contributed by atoms with Crippen LogP contribution < -0.4 is 15.0 Å². The molecule has 0 spiro atoms. The Kier molecular flexibility index (Phi) is 7.22. The summed E-state index contributed by atoms with van der Waals surface area (Å²) in [4.78, 5) is 38.4. The van der Waals surface area contributed by atoms with E-state index in [9.17, 15) is 14.4 Å². The van der Waals surface area contributed by atoms with Crippen molar-refractivity contribution in [3.05, 3.63) is 83.8 Å². The summed E-state index contributed by atoms with van der Waals surface area (Å²) in [6.07, 6.45) is 1.97. The summed E-state index contributed by atoms with van der Waals surface area (Å²) >= 11 is 0. The van der Waals surface area contributed by atoms with Gasteiger partial charge in [0.2, 0.25) is 0 Å². The number of ether oxygens (including phenoxy) is 1. The number of rotatable bonds is 9. The van der Waals surface area contributed by atoms with Crippen molar-refractivity contribution in [2.24, 2.45) is 0 Å². The van der Waals surface area contributed by atoms with Crippen LogP contribution in [0.15, 0.2) is 71.3 Å². The number of benzene rings is 2. The predicted octanol–water partition coefficient (Wildman–Crippen LogP) is 3.84. The fourth-order valence-electron chi connectivity index (χ4n) is 2.95. The number of furan rings is 1. The normalized spacial score (nSPS) is 10.4. The van der Waals surface area contributed by atoms with E-state index >= 15 is 0 Å². The van der Waals surface area contributed by atoms with Crippen LogP contribution >= 0.6 is 0 Å². The number of ketones is 1. The first kappa shape index (κ1) is 21.8. The van der Waals surface area contributed by atoms with Crippen LogP contribution in [0.3, 0.4) is 0 Å². The monoisotopic (exact) mass is 420 g/mol. The minimum absolute atomic E-state index is 0.0456. The molecule has 1 aromatic heterocycles. The number of nitrogens with one attached hydrogen (secondary N) is 1. The molecule has 31 heavy (non-hydrogen) atoms. The van der Waals surface area contributed by atoms with Gasteiger partial charge in [0, 0.05) is 19.0 Å². The summed E-state index contributed by atoms with van der Waals surface area (Å²) in [7, 11) is 1.59. The molecule has 0 atom stereocenters. The third-order valence-corrected chi connectivity index (χ3v) is 4.75. The van der Waals surface area contributed by atoms with E-state index in [1.165, 1.54) is 11.2 Å². The minimum atomic E-state index is -0.319. The molecule has 2 aromatic carbocycles. The van der Waals surface area contributed by atoms with Gasteiger partial charge in [0.05, 0.1) is 24.1 Å². The van der Waals surface area contributed by atoms with Crippen LogP contribution in [0.5, 0.6) is 5.75 Å². The van der Waals surface area contributed by atoms with Crippen LogP contribution in [0.1, 0.15) is 39.8 Å². The first-order valence-electron chi connectivity index (χ1n) is 9.91. The van der Waals surface area contributed by atoms with Crippen LogP contribution in [-0.4, -0.2) is 31.3 Å². The number of amides is 2. The Morgan fingerprint density at radius 1 is 1.00 bits per heavy atom. The Hall–Kier alpha value is -3.87. The summed E-state index contributed by atoms with van der Waals surface area (Å²) in [5.41, 5.74) is 1.44. The Morgan fingerprint density at radius 2 is 1.74 bits per heavy atom. The molecule has 0 aliphatic rings. The summed E-state index contributed by atoms with van der Waals surface area (Å²) in [5, 5.41) is 2.78. The average Bonchev–Trinajstić information content (AvgIpc) is 3.34. The van der Waals surface area contributed by atoms with E-state index in [2.05, 4.69) is 5.32 Å². The molecule has 0 aliphatic carbocycles. The lowest BCUT2D eigenvalue weighted by atomic mass is 10.1. The van der Waals surface area contributed by atoms with Crippen molar-refractivity contribution in [1.29, 1.82) is 0 Å². The lowest BCUT2D eigenvalue weighted by molar-refractivity contribution is -0.120. The SMILES string of the molecule is CCC(=O)c1ccc(OCC(=O)N(C)c2ccccc2C(=O)NCc2ccco2)cc1. The Balaban J connectivity index is 1.62. The third-order valence-electron chi connectivity index (χ3n) is 4.75. The highest BCUT2D eigenvalue weighted by Crippen LogP contribution is 2.20. The van der Waals surface area contributed by atoms with Gasteiger partial charge >= 0.3 is 0 Å². The number of likely N-dealkylation sites (N-methyl/N-ethyl adjacent to an activating group) is 1. The molecular formula is C24H24N2O5. The molecule has 0 saturated heterocycles. The van der Waals surface area contributed by atoms with E-state index in [1.54, 1.807) is 74.6 Å². The van der Waals surface area contributed by atoms with Crippen LogP contribution in [0.25, 0.3) is 0 Å². The molecule has 0 fully saturated rings. The minimum Gasteiger partial charge on any atom is -0.484 e. The molecule has 0 unspecified atom stereocenters. The standard InChI is InChI=1S/C24H24N2O5/c1-3-22(27)17-10-12-18(13-11-17)31-16-23(28)26(2)21-9-5-4-8-20(21)24(29)25-15-19-7-6-14-30-19/h4-14H,3,15-16H2,1-2H3,(H,25,29). The Bertz CT molecular complexity index is 1040. The van der Waals surface area contributed by atoms with E-state index in [0.29, 0.717) is 34.7 Å². The fraction of sp³-hybridized carbons (Fsp3) is 0.208. The number of Topliss-reactive ketones (excluding diaryl/α,β-unsaturated/α-hetero) is 1. The van der Waals surface area contributed by atoms with Gasteiger partial charge in [-0.15, -0.1) is 0 Å². The lowest BCUT2D eigenvalue weighted by Gasteiger charge is -2.20. The van der Waals surface area contributed by atoms with Gasteiger partial charge in [-0.25, -0.2) is 0 Å². The maximum Gasteiger partial charge on any atom is 0.264 e. The highest BCUT2D eigenvalue weighted by atomic mass is 16.5. The molecule has 7 heteroatoms. The summed E-state index contributed by atoms with van der Waals surface area (Å²) in [6, 6.07) is 17.0. The quantitative estimate of drug-likeness (QED) is 0.531. The second kappa shape index (κ2) is 10.2. The summed E-state index contributed by atoms with van der Waals surface area (Å²) < 4.78 is 10.8. The number of carbonyl (C=O) groups is 3. The molecule has 160 valence electrons. The number of nitrogens with zero attached hydrogens (tertiary/aromatic N) is 1. The predicted molar refractivity (Wildman–Crippen MR) is 116 cm³/mol. The molecule has 0 radical (unpaired) electrons. The Morgan fingerprint density at radius 3 is 2.42 bits per heavy atom. The van der Waals surface area contributed by atoms with Gasteiger partial charge in [-0.2, -0.15) is 0 Å². The lowest BCUT2D eigenvalue weighted by Crippen LogP contribution is -2.33. The van der Waals surface area contributed by atoms with Crippen molar-refractivity contribution in [3.8, 4) is 5.75 Å². The molecule has 3 aromatic rings. The number of hydrogen-bond donors (Lipinski definition) is 1. The highest BCUT2D eigenvalue weighted by molar-refractivity contribution is 6.04. The topological polar surface area (TPSA) is 88.9 Å². The molecule has 1 N–H and O–H groups in total. The van der Waals surface area contributed by atoms with Crippen LogP contribution in [0, 0.1) is 0 Å². The van der Waals surface area contributed by atoms with E-state index in [0.717, 1.165) is 0 Å². The van der Waals surface area contributed by atoms with E-state index in [-0.39, 0.29) is 30.7 Å². The van der Waals surface area contributed by atoms with Gasteiger partial charge < -0.3 is 19.4 Å². The zero-order valence-electron chi connectivity index (χ0n) is 17.5. The van der Waals surface area contributed by atoms with Gasteiger partial charge in [-0.3, -0.25) is 14.4 Å². The number of carbonyl (C=O) groups excluding carboxylic acids is 3. The van der Waals surface area contributed by atoms with Crippen molar-refractivity contribution in [1.82, 2.24) is 5.32 Å². The molecular weight excluding hydrogens is 396 g/mol. The number of para-hydroxylation sites is 1. The van der Waals surface area contributed by atoms with Gasteiger partial charge in [-0.1, -0.05) is 19.1 Å². The summed E-state index contributed by atoms with van der Waals surface area (Å²) in [5.74, 6) is 0.530. The fourth-order valence-corrected chi connectivity index (χ4v) is 2.95. The average molecular weight is 420 g/mol. The van der Waals surface area contributed by atoms with Crippen LogP contribution in [-0.2, 0) is 11.3 Å². The molecule has 2 amide bonds. The second-order valence-corrected chi connectivity index (χ2v) is 6.82. The van der Waals surface area contributed by atoms with Gasteiger partial charge in [-0.05, 0) is 48.5 Å². The zero-order valence-corrected chi connectivity index (χ0v) is 17.5. The van der Waals surface area contributed by atoms with Gasteiger partial charge in [0.1, 0.15) is 11.5 Å². The first-order chi connectivity index (χ1) is 15.0. The zero-order chi connectivity index (χ0) is 22.2. The summed E-state index contributed by atoms with van der Waals surface area (Å²) in [6.45, 7) is 1.84.